The third kappa shape index (κ3) is 8.04. The molecule has 0 saturated carbocycles. The molecule has 9 heteroatoms. The van der Waals surface area contributed by atoms with Crippen LogP contribution >= 0.6 is 22.9 Å². The van der Waals surface area contributed by atoms with Crippen molar-refractivity contribution in [2.45, 2.75) is 58.4 Å². The van der Waals surface area contributed by atoms with Crippen molar-refractivity contribution in [3.63, 3.8) is 0 Å². The molecule has 0 aliphatic carbocycles. The van der Waals surface area contributed by atoms with Gasteiger partial charge < -0.3 is 25.6 Å². The Bertz CT molecular complexity index is 1210. The van der Waals surface area contributed by atoms with Crippen LogP contribution in [0.4, 0.5) is 0 Å². The minimum Gasteiger partial charge on any atom is -0.506 e. The van der Waals surface area contributed by atoms with E-state index in [2.05, 4.69) is 36.3 Å². The van der Waals surface area contributed by atoms with Gasteiger partial charge in [-0.15, -0.1) is 0 Å². The number of primary amides is 1. The molecule has 3 aromatic rings. The highest BCUT2D eigenvalue weighted by Crippen LogP contribution is 2.28. The Morgan fingerprint density at radius 3 is 2.54 bits per heavy atom. The summed E-state index contributed by atoms with van der Waals surface area (Å²) < 4.78 is 1.67. The van der Waals surface area contributed by atoms with Gasteiger partial charge >= 0.3 is 4.87 Å². The molecule has 0 spiro atoms. The fraction of sp³-hybridized carbons (Fsp3) is 0.500. The summed E-state index contributed by atoms with van der Waals surface area (Å²) in [6, 6.07) is 12.0. The third-order valence-corrected chi connectivity index (χ3v) is 8.58. The van der Waals surface area contributed by atoms with Crippen molar-refractivity contribution in [3.8, 4) is 5.75 Å². The quantitative estimate of drug-likeness (QED) is 0.155. The molecule has 0 fully saturated rings. The lowest BCUT2D eigenvalue weighted by Crippen LogP contribution is -2.59. The second-order valence-corrected chi connectivity index (χ2v) is 11.2. The smallest absolute Gasteiger partial charge is 0.305 e. The second-order valence-electron chi connectivity index (χ2n) is 9.80. The SMILES string of the molecule is CCCC(CC)[N+](CCNCCc1ccc(O)c2[nH]c(=O)sc12)(CCC(N)=O)CCc1ccc(Cl)cc1. The number of nitrogens with zero attached hydrogens (tertiary/aromatic N) is 1. The Balaban J connectivity index is 1.70. The number of benzene rings is 2. The molecule has 0 saturated heterocycles. The van der Waals surface area contributed by atoms with E-state index in [9.17, 15) is 14.7 Å². The molecule has 2 aromatic carbocycles. The summed E-state index contributed by atoms with van der Waals surface area (Å²) >= 11 is 7.23. The predicted octanol–water partition coefficient (Wildman–Crippen LogP) is 4.59. The maximum atomic E-state index is 11.8. The fourth-order valence-corrected chi connectivity index (χ4v) is 6.36. The van der Waals surface area contributed by atoms with Crippen molar-refractivity contribution >= 4 is 39.1 Å². The maximum Gasteiger partial charge on any atom is 0.305 e. The lowest BCUT2D eigenvalue weighted by molar-refractivity contribution is -0.950. The molecular weight excluding hydrogens is 508 g/mol. The number of fused-ring (bicyclic) bond motifs is 1. The molecule has 202 valence electrons. The van der Waals surface area contributed by atoms with Crippen molar-refractivity contribution in [2.75, 3.05) is 32.7 Å². The van der Waals surface area contributed by atoms with Crippen LogP contribution in [0.15, 0.2) is 41.2 Å². The predicted molar refractivity (Wildman–Crippen MR) is 153 cm³/mol. The van der Waals surface area contributed by atoms with Gasteiger partial charge in [-0.05, 0) is 55.1 Å². The summed E-state index contributed by atoms with van der Waals surface area (Å²) in [5.41, 5.74) is 8.42. The number of hydrogen-bond acceptors (Lipinski definition) is 5. The summed E-state index contributed by atoms with van der Waals surface area (Å²) in [6.45, 7) is 8.60. The van der Waals surface area contributed by atoms with Gasteiger partial charge in [-0.25, -0.2) is 0 Å². The van der Waals surface area contributed by atoms with Crippen LogP contribution in [0.5, 0.6) is 5.75 Å². The number of phenols is 1. The number of aromatic amines is 1. The average Bonchev–Trinajstić information content (AvgIpc) is 3.28. The van der Waals surface area contributed by atoms with Gasteiger partial charge in [-0.3, -0.25) is 9.59 Å². The highest BCUT2D eigenvalue weighted by molar-refractivity contribution is 7.16. The lowest BCUT2D eigenvalue weighted by Gasteiger charge is -2.45. The molecule has 0 aliphatic heterocycles. The number of carbonyl (C=O) groups excluding carboxylic acids is 1. The lowest BCUT2D eigenvalue weighted by atomic mass is 10.0. The number of nitrogens with one attached hydrogen (secondary N) is 2. The van der Waals surface area contributed by atoms with Crippen LogP contribution in [0.1, 0.15) is 50.7 Å². The molecule has 0 aliphatic rings. The van der Waals surface area contributed by atoms with Gasteiger partial charge in [0.15, 0.2) is 0 Å². The number of nitrogens with two attached hydrogens (primary N) is 1. The Hall–Kier alpha value is -2.39. The zero-order valence-corrected chi connectivity index (χ0v) is 23.5. The topological polar surface area (TPSA) is 108 Å². The Kier molecular flexibility index (Phi) is 11.0. The number of halogens is 1. The summed E-state index contributed by atoms with van der Waals surface area (Å²) in [7, 11) is 0. The van der Waals surface area contributed by atoms with E-state index in [0.717, 1.165) is 95.9 Å². The fourth-order valence-electron chi connectivity index (χ4n) is 5.34. The van der Waals surface area contributed by atoms with E-state index in [0.29, 0.717) is 18.0 Å². The second kappa shape index (κ2) is 14.0. The van der Waals surface area contributed by atoms with E-state index in [1.54, 1.807) is 6.07 Å². The zero-order valence-electron chi connectivity index (χ0n) is 21.9. The minimum atomic E-state index is -0.254. The Morgan fingerprint density at radius 1 is 1.11 bits per heavy atom. The van der Waals surface area contributed by atoms with E-state index in [1.165, 1.54) is 5.56 Å². The van der Waals surface area contributed by atoms with Crippen LogP contribution in [0, 0.1) is 0 Å². The largest absolute Gasteiger partial charge is 0.506 e. The highest BCUT2D eigenvalue weighted by Gasteiger charge is 2.35. The molecule has 3 rings (SSSR count). The molecule has 0 radical (unpaired) electrons. The molecule has 2 unspecified atom stereocenters. The van der Waals surface area contributed by atoms with Crippen LogP contribution in [0.25, 0.3) is 10.2 Å². The number of thiazole rings is 1. The van der Waals surface area contributed by atoms with E-state index in [-0.39, 0.29) is 16.5 Å². The number of phenolic OH excluding ortho intramolecular Hbond substituents is 1. The first-order valence-corrected chi connectivity index (χ1v) is 14.4. The number of H-pyrrole nitrogens is 1. The Labute approximate surface area is 228 Å². The van der Waals surface area contributed by atoms with Crippen molar-refractivity contribution in [2.24, 2.45) is 5.73 Å². The monoisotopic (exact) mass is 547 g/mol. The third-order valence-electron chi connectivity index (χ3n) is 7.37. The molecule has 7 nitrogen and oxygen atoms in total. The number of hydrogen-bond donors (Lipinski definition) is 4. The van der Waals surface area contributed by atoms with Crippen LogP contribution in [-0.2, 0) is 17.6 Å². The van der Waals surface area contributed by atoms with Gasteiger partial charge in [-0.1, -0.05) is 61.4 Å². The summed E-state index contributed by atoms with van der Waals surface area (Å²) in [5, 5.41) is 14.4. The van der Waals surface area contributed by atoms with Crippen molar-refractivity contribution in [1.82, 2.24) is 10.3 Å². The number of rotatable bonds is 16. The van der Waals surface area contributed by atoms with E-state index < -0.39 is 0 Å². The first-order valence-electron chi connectivity index (χ1n) is 13.2. The number of carbonyl (C=O) groups is 1. The number of quaternary nitrogens is 1. The molecule has 5 N–H and O–H groups in total. The van der Waals surface area contributed by atoms with Crippen molar-refractivity contribution in [1.29, 1.82) is 0 Å². The molecule has 1 heterocycles. The van der Waals surface area contributed by atoms with Gasteiger partial charge in [-0.2, -0.15) is 0 Å². The summed E-state index contributed by atoms with van der Waals surface area (Å²) in [6.07, 6.45) is 5.29. The van der Waals surface area contributed by atoms with Gasteiger partial charge in [0, 0.05) is 18.0 Å². The van der Waals surface area contributed by atoms with Crippen LogP contribution < -0.4 is 15.9 Å². The first kappa shape index (κ1) is 29.2. The number of aromatic hydroxyl groups is 1. The van der Waals surface area contributed by atoms with Crippen LogP contribution in [0.3, 0.4) is 0 Å². The van der Waals surface area contributed by atoms with Crippen molar-refractivity contribution in [3.05, 3.63) is 62.2 Å². The molecular formula is C28H40ClN4O3S+. The van der Waals surface area contributed by atoms with Gasteiger partial charge in [0.2, 0.25) is 5.91 Å². The van der Waals surface area contributed by atoms with Gasteiger partial charge in [0.25, 0.3) is 0 Å². The van der Waals surface area contributed by atoms with Crippen LogP contribution in [-0.4, -0.2) is 59.2 Å². The zero-order chi connectivity index (χ0) is 26.8. The van der Waals surface area contributed by atoms with E-state index in [4.69, 9.17) is 17.3 Å². The van der Waals surface area contributed by atoms with Crippen LogP contribution in [0.2, 0.25) is 5.02 Å². The standard InChI is InChI=1S/C28H39ClN4O3S/c1-3-5-23(4-2)33(18-14-25(30)35,17-13-20-6-9-22(29)10-7-20)19-16-31-15-12-21-8-11-24(34)26-27(21)37-28(36)32-26/h6-11,23,31H,3-5,12-19H2,1-2H3,(H3-,30,32,34,35,36)/p+1. The first-order chi connectivity index (χ1) is 17.8. The molecule has 2 atom stereocenters. The highest BCUT2D eigenvalue weighted by atomic mass is 35.5. The molecule has 37 heavy (non-hydrogen) atoms. The van der Waals surface area contributed by atoms with E-state index in [1.807, 2.05) is 18.2 Å². The normalized spacial score (nSPS) is 14.0. The minimum absolute atomic E-state index is 0.101. The number of amides is 1. The molecule has 1 aromatic heterocycles. The van der Waals surface area contributed by atoms with Crippen molar-refractivity contribution < 1.29 is 14.4 Å². The summed E-state index contributed by atoms with van der Waals surface area (Å²) in [5.74, 6) is -0.154. The summed E-state index contributed by atoms with van der Waals surface area (Å²) in [4.78, 5) is 26.2. The average molecular weight is 548 g/mol. The molecule has 1 amide bonds. The van der Waals surface area contributed by atoms with Gasteiger partial charge in [0.1, 0.15) is 11.3 Å². The van der Waals surface area contributed by atoms with Gasteiger partial charge in [0.05, 0.1) is 36.8 Å². The van der Waals surface area contributed by atoms with E-state index >= 15 is 0 Å². The maximum absolute atomic E-state index is 11.8. The Morgan fingerprint density at radius 2 is 1.86 bits per heavy atom. The molecule has 0 bridgehead atoms. The number of aromatic nitrogens is 1.